The maximum Gasteiger partial charge on any atom is 0.306 e. The summed E-state index contributed by atoms with van der Waals surface area (Å²) in [6.45, 7) is 1.46. The lowest BCUT2D eigenvalue weighted by Gasteiger charge is -2.12. The minimum atomic E-state index is -0.860. The molecule has 1 aromatic carbocycles. The van der Waals surface area contributed by atoms with Gasteiger partial charge in [-0.15, -0.1) is 0 Å². The minimum Gasteiger partial charge on any atom is -0.481 e. The van der Waals surface area contributed by atoms with Crippen molar-refractivity contribution >= 4 is 11.9 Å². The summed E-state index contributed by atoms with van der Waals surface area (Å²) in [6, 6.07) is 9.42. The van der Waals surface area contributed by atoms with Crippen LogP contribution >= 0.6 is 0 Å². The van der Waals surface area contributed by atoms with Gasteiger partial charge >= 0.3 is 11.9 Å². The molecule has 0 aromatic heterocycles. The third kappa shape index (κ3) is 5.15. The van der Waals surface area contributed by atoms with Crippen molar-refractivity contribution in [2.45, 2.75) is 19.8 Å². The van der Waals surface area contributed by atoms with Gasteiger partial charge < -0.3 is 9.84 Å². The number of rotatable bonds is 6. The first-order chi connectivity index (χ1) is 8.09. The Labute approximate surface area is 100 Å². The zero-order valence-electron chi connectivity index (χ0n) is 9.76. The second-order valence-electron chi connectivity index (χ2n) is 3.85. The van der Waals surface area contributed by atoms with E-state index < -0.39 is 11.9 Å². The molecule has 0 aliphatic rings. The molecule has 0 spiro atoms. The van der Waals surface area contributed by atoms with Crippen LogP contribution in [0.15, 0.2) is 30.3 Å². The standard InChI is InChI=1S/C13H16O4/c1-10(14)17-8-7-12(13(15)16)9-11-5-3-2-4-6-11/h2-6,12H,7-9H2,1H3,(H,15,16). The molecule has 0 heterocycles. The number of carbonyl (C=O) groups is 2. The van der Waals surface area contributed by atoms with Crippen LogP contribution < -0.4 is 0 Å². The Kier molecular flexibility index (Phi) is 5.20. The van der Waals surface area contributed by atoms with E-state index in [0.29, 0.717) is 12.8 Å². The highest BCUT2D eigenvalue weighted by Crippen LogP contribution is 2.12. The van der Waals surface area contributed by atoms with Crippen molar-refractivity contribution in [3.8, 4) is 0 Å². The summed E-state index contributed by atoms with van der Waals surface area (Å²) in [6.07, 6.45) is 0.793. The lowest BCUT2D eigenvalue weighted by molar-refractivity contribution is -0.146. The normalized spacial score (nSPS) is 11.8. The summed E-state index contributed by atoms with van der Waals surface area (Å²) in [5.41, 5.74) is 0.975. The molecule has 0 saturated heterocycles. The number of benzene rings is 1. The van der Waals surface area contributed by atoms with Crippen LogP contribution in [0.2, 0.25) is 0 Å². The molecular formula is C13H16O4. The van der Waals surface area contributed by atoms with Crippen LogP contribution in [-0.4, -0.2) is 23.7 Å². The molecule has 0 aliphatic carbocycles. The zero-order chi connectivity index (χ0) is 12.7. The second kappa shape index (κ2) is 6.68. The number of hydrogen-bond donors (Lipinski definition) is 1. The van der Waals surface area contributed by atoms with Crippen LogP contribution in [0.4, 0.5) is 0 Å². The molecule has 1 N–H and O–H groups in total. The second-order valence-corrected chi connectivity index (χ2v) is 3.85. The highest BCUT2D eigenvalue weighted by molar-refractivity contribution is 5.70. The fourth-order valence-electron chi connectivity index (χ4n) is 1.56. The SMILES string of the molecule is CC(=O)OCCC(Cc1ccccc1)C(=O)O. The molecule has 4 heteroatoms. The predicted molar refractivity (Wildman–Crippen MR) is 62.5 cm³/mol. The summed E-state index contributed by atoms with van der Waals surface area (Å²) in [7, 11) is 0. The number of carbonyl (C=O) groups excluding carboxylic acids is 1. The molecule has 1 aromatic rings. The fourth-order valence-corrected chi connectivity index (χ4v) is 1.56. The largest absolute Gasteiger partial charge is 0.481 e. The van der Waals surface area contributed by atoms with E-state index in [1.807, 2.05) is 30.3 Å². The summed E-state index contributed by atoms with van der Waals surface area (Å²) in [5, 5.41) is 9.06. The van der Waals surface area contributed by atoms with Crippen LogP contribution in [-0.2, 0) is 20.7 Å². The Hall–Kier alpha value is -1.84. The number of hydrogen-bond acceptors (Lipinski definition) is 3. The van der Waals surface area contributed by atoms with E-state index in [1.165, 1.54) is 6.92 Å². The first-order valence-corrected chi connectivity index (χ1v) is 5.49. The molecular weight excluding hydrogens is 220 g/mol. The Balaban J connectivity index is 2.49. The molecule has 4 nitrogen and oxygen atoms in total. The molecule has 0 radical (unpaired) electrons. The molecule has 0 amide bonds. The van der Waals surface area contributed by atoms with Gasteiger partial charge in [0, 0.05) is 6.92 Å². The highest BCUT2D eigenvalue weighted by Gasteiger charge is 2.18. The van der Waals surface area contributed by atoms with E-state index >= 15 is 0 Å². The van der Waals surface area contributed by atoms with Gasteiger partial charge in [-0.25, -0.2) is 0 Å². The third-order valence-electron chi connectivity index (χ3n) is 2.45. The number of esters is 1. The van der Waals surface area contributed by atoms with E-state index in [2.05, 4.69) is 0 Å². The van der Waals surface area contributed by atoms with Crippen molar-refractivity contribution in [3.05, 3.63) is 35.9 Å². The molecule has 0 fully saturated rings. The Morgan fingerprint density at radius 2 is 1.94 bits per heavy atom. The Bertz CT molecular complexity index is 372. The average Bonchev–Trinajstić information content (AvgIpc) is 2.28. The first-order valence-electron chi connectivity index (χ1n) is 5.49. The van der Waals surface area contributed by atoms with Crippen molar-refractivity contribution in [2.24, 2.45) is 5.92 Å². The summed E-state index contributed by atoms with van der Waals surface area (Å²) < 4.78 is 4.76. The van der Waals surface area contributed by atoms with Crippen molar-refractivity contribution in [2.75, 3.05) is 6.61 Å². The van der Waals surface area contributed by atoms with Gasteiger partial charge in [-0.05, 0) is 18.4 Å². The molecule has 92 valence electrons. The van der Waals surface area contributed by atoms with Crippen molar-refractivity contribution < 1.29 is 19.4 Å². The number of carboxylic acid groups (broad SMARTS) is 1. The van der Waals surface area contributed by atoms with Gasteiger partial charge in [-0.3, -0.25) is 9.59 Å². The van der Waals surface area contributed by atoms with E-state index in [0.717, 1.165) is 5.56 Å². The predicted octanol–water partition coefficient (Wildman–Crippen LogP) is 1.88. The topological polar surface area (TPSA) is 63.6 Å². The summed E-state index contributed by atoms with van der Waals surface area (Å²) in [4.78, 5) is 21.6. The molecule has 1 rings (SSSR count). The molecule has 0 saturated carbocycles. The Morgan fingerprint density at radius 3 is 2.47 bits per heavy atom. The smallest absolute Gasteiger partial charge is 0.306 e. The quantitative estimate of drug-likeness (QED) is 0.766. The molecule has 17 heavy (non-hydrogen) atoms. The minimum absolute atomic E-state index is 0.152. The monoisotopic (exact) mass is 236 g/mol. The van der Waals surface area contributed by atoms with Crippen molar-refractivity contribution in [1.29, 1.82) is 0 Å². The van der Waals surface area contributed by atoms with Gasteiger partial charge in [-0.1, -0.05) is 30.3 Å². The number of ether oxygens (including phenoxy) is 1. The summed E-state index contributed by atoms with van der Waals surface area (Å²) >= 11 is 0. The highest BCUT2D eigenvalue weighted by atomic mass is 16.5. The molecule has 0 aliphatic heterocycles. The van der Waals surface area contributed by atoms with Gasteiger partial charge in [0.25, 0.3) is 0 Å². The van der Waals surface area contributed by atoms with Gasteiger partial charge in [0.1, 0.15) is 0 Å². The lowest BCUT2D eigenvalue weighted by Crippen LogP contribution is -2.19. The molecule has 0 bridgehead atoms. The Morgan fingerprint density at radius 1 is 1.29 bits per heavy atom. The van der Waals surface area contributed by atoms with E-state index in [9.17, 15) is 9.59 Å². The maximum atomic E-state index is 11.0. The van der Waals surface area contributed by atoms with Crippen molar-refractivity contribution in [1.82, 2.24) is 0 Å². The van der Waals surface area contributed by atoms with Crippen molar-refractivity contribution in [3.63, 3.8) is 0 Å². The number of carboxylic acids is 1. The van der Waals surface area contributed by atoms with Crippen LogP contribution in [0, 0.1) is 5.92 Å². The summed E-state index contributed by atoms with van der Waals surface area (Å²) in [5.74, 6) is -1.76. The van der Waals surface area contributed by atoms with Crippen LogP contribution in [0.1, 0.15) is 18.9 Å². The van der Waals surface area contributed by atoms with E-state index in [4.69, 9.17) is 9.84 Å². The molecule has 1 atom stereocenters. The average molecular weight is 236 g/mol. The van der Waals surface area contributed by atoms with E-state index in [-0.39, 0.29) is 12.6 Å². The number of aliphatic carboxylic acids is 1. The maximum absolute atomic E-state index is 11.0. The van der Waals surface area contributed by atoms with Crippen LogP contribution in [0.3, 0.4) is 0 Å². The van der Waals surface area contributed by atoms with Crippen LogP contribution in [0.25, 0.3) is 0 Å². The third-order valence-corrected chi connectivity index (χ3v) is 2.45. The zero-order valence-corrected chi connectivity index (χ0v) is 9.76. The van der Waals surface area contributed by atoms with E-state index in [1.54, 1.807) is 0 Å². The fraction of sp³-hybridized carbons (Fsp3) is 0.385. The first kappa shape index (κ1) is 13.2. The van der Waals surface area contributed by atoms with Gasteiger partial charge in [0.15, 0.2) is 0 Å². The van der Waals surface area contributed by atoms with Gasteiger partial charge in [0.05, 0.1) is 12.5 Å². The van der Waals surface area contributed by atoms with Crippen LogP contribution in [0.5, 0.6) is 0 Å². The lowest BCUT2D eigenvalue weighted by atomic mass is 9.97. The van der Waals surface area contributed by atoms with Gasteiger partial charge in [0.2, 0.25) is 0 Å². The van der Waals surface area contributed by atoms with Gasteiger partial charge in [-0.2, -0.15) is 0 Å². The molecule has 1 unspecified atom stereocenters.